The number of hydrogen-bond donors (Lipinski definition) is 2. The first-order valence-electron chi connectivity index (χ1n) is 12.3. The molecule has 5 aromatic rings. The van der Waals surface area contributed by atoms with Crippen LogP contribution in [0.1, 0.15) is 27.4 Å². The average Bonchev–Trinajstić information content (AvgIpc) is 3.39. The van der Waals surface area contributed by atoms with Crippen molar-refractivity contribution in [2.24, 2.45) is 0 Å². The van der Waals surface area contributed by atoms with Crippen molar-refractivity contribution in [1.82, 2.24) is 30.0 Å². The average molecular weight is 534 g/mol. The van der Waals surface area contributed by atoms with Gasteiger partial charge in [-0.3, -0.25) is 9.59 Å². The summed E-state index contributed by atoms with van der Waals surface area (Å²) in [5.74, 6) is -0.678. The molecule has 39 heavy (non-hydrogen) atoms. The second kappa shape index (κ2) is 9.53. The van der Waals surface area contributed by atoms with Gasteiger partial charge in [0.05, 0.1) is 16.6 Å². The smallest absolute Gasteiger partial charge is 0.353 e. The molecule has 9 nitrogen and oxygen atoms in total. The SMILES string of the molecule is O=C(c1cccc(Cc2n[nH]c(=O)c3ccccc23)c1)N1CCN(c2ccc3[nH]c(C(F)(F)F)nc3n2)CC1. The molecule has 0 aliphatic carbocycles. The zero-order valence-electron chi connectivity index (χ0n) is 20.5. The van der Waals surface area contributed by atoms with Crippen LogP contribution in [0.15, 0.2) is 65.5 Å². The van der Waals surface area contributed by atoms with Gasteiger partial charge in [0.25, 0.3) is 11.5 Å². The third kappa shape index (κ3) is 4.80. The molecule has 1 aliphatic rings. The number of pyridine rings is 1. The highest BCUT2D eigenvalue weighted by atomic mass is 19.4. The molecule has 3 aromatic heterocycles. The topological polar surface area (TPSA) is 111 Å². The zero-order chi connectivity index (χ0) is 27.1. The number of alkyl halides is 3. The second-order valence-electron chi connectivity index (χ2n) is 9.33. The minimum Gasteiger partial charge on any atom is -0.353 e. The van der Waals surface area contributed by atoms with Crippen LogP contribution in [-0.4, -0.2) is 62.1 Å². The number of aromatic amines is 2. The number of nitrogens with one attached hydrogen (secondary N) is 2. The number of benzene rings is 2. The molecule has 12 heteroatoms. The van der Waals surface area contributed by atoms with Crippen LogP contribution in [0.4, 0.5) is 19.0 Å². The fourth-order valence-electron chi connectivity index (χ4n) is 4.83. The maximum Gasteiger partial charge on any atom is 0.449 e. The molecule has 2 aromatic carbocycles. The number of halogens is 3. The molecule has 1 saturated heterocycles. The molecule has 0 unspecified atom stereocenters. The van der Waals surface area contributed by atoms with E-state index in [9.17, 15) is 22.8 Å². The number of carbonyl (C=O) groups is 1. The number of aromatic nitrogens is 5. The Morgan fingerprint density at radius 2 is 1.69 bits per heavy atom. The molecule has 198 valence electrons. The fourth-order valence-corrected chi connectivity index (χ4v) is 4.83. The summed E-state index contributed by atoms with van der Waals surface area (Å²) in [7, 11) is 0. The Hall–Kier alpha value is -4.74. The first-order valence-corrected chi connectivity index (χ1v) is 12.3. The number of hydrogen-bond acceptors (Lipinski definition) is 6. The van der Waals surface area contributed by atoms with Crippen molar-refractivity contribution in [3.63, 3.8) is 0 Å². The predicted octanol–water partition coefficient (Wildman–Crippen LogP) is 3.77. The number of carbonyl (C=O) groups excluding carboxylic acids is 1. The van der Waals surface area contributed by atoms with Crippen LogP contribution in [0.3, 0.4) is 0 Å². The Bertz CT molecular complexity index is 1750. The highest BCUT2D eigenvalue weighted by molar-refractivity contribution is 5.94. The van der Waals surface area contributed by atoms with Crippen molar-refractivity contribution in [2.45, 2.75) is 12.6 Å². The maximum atomic E-state index is 13.3. The highest BCUT2D eigenvalue weighted by Crippen LogP contribution is 2.29. The molecule has 6 rings (SSSR count). The van der Waals surface area contributed by atoms with Crippen LogP contribution in [0.5, 0.6) is 0 Å². The molecule has 0 bridgehead atoms. The number of imidazole rings is 1. The number of piperazine rings is 1. The van der Waals surface area contributed by atoms with E-state index in [0.717, 1.165) is 10.9 Å². The summed E-state index contributed by atoms with van der Waals surface area (Å²) in [6.07, 6.45) is -4.13. The Morgan fingerprint density at radius 3 is 2.46 bits per heavy atom. The van der Waals surface area contributed by atoms with Crippen molar-refractivity contribution < 1.29 is 18.0 Å². The fraction of sp³-hybridized carbons (Fsp3) is 0.222. The van der Waals surface area contributed by atoms with Crippen molar-refractivity contribution >= 4 is 33.7 Å². The number of anilines is 1. The lowest BCUT2D eigenvalue weighted by atomic mass is 10.0. The van der Waals surface area contributed by atoms with E-state index in [-0.39, 0.29) is 22.6 Å². The third-order valence-electron chi connectivity index (χ3n) is 6.81. The van der Waals surface area contributed by atoms with Gasteiger partial charge in [0.2, 0.25) is 5.82 Å². The number of amides is 1. The molecule has 1 amide bonds. The lowest BCUT2D eigenvalue weighted by Crippen LogP contribution is -2.49. The molecule has 0 radical (unpaired) electrons. The first kappa shape index (κ1) is 24.6. The molecule has 0 spiro atoms. The minimum absolute atomic E-state index is 0.0000872. The van der Waals surface area contributed by atoms with E-state index in [4.69, 9.17) is 0 Å². The summed E-state index contributed by atoms with van der Waals surface area (Å²) in [6.45, 7) is 1.83. The number of nitrogens with zero attached hydrogens (tertiary/aromatic N) is 5. The molecule has 0 atom stereocenters. The van der Waals surface area contributed by atoms with Gasteiger partial charge in [0, 0.05) is 43.5 Å². The van der Waals surface area contributed by atoms with Crippen molar-refractivity contribution in [3.8, 4) is 0 Å². The summed E-state index contributed by atoms with van der Waals surface area (Å²) in [5, 5.41) is 8.10. The summed E-state index contributed by atoms with van der Waals surface area (Å²) in [6, 6.07) is 17.8. The summed E-state index contributed by atoms with van der Waals surface area (Å²) < 4.78 is 38.9. The predicted molar refractivity (Wildman–Crippen MR) is 139 cm³/mol. The van der Waals surface area contributed by atoms with E-state index in [2.05, 4.69) is 25.1 Å². The number of fused-ring (bicyclic) bond motifs is 2. The van der Waals surface area contributed by atoms with E-state index in [1.807, 2.05) is 35.2 Å². The molecular formula is C27H22F3N7O2. The van der Waals surface area contributed by atoms with E-state index in [0.29, 0.717) is 55.1 Å². The second-order valence-corrected chi connectivity index (χ2v) is 9.33. The van der Waals surface area contributed by atoms with Crippen LogP contribution < -0.4 is 10.5 Å². The van der Waals surface area contributed by atoms with Crippen molar-refractivity contribution in [1.29, 1.82) is 0 Å². The molecule has 1 aliphatic heterocycles. The van der Waals surface area contributed by atoms with Crippen LogP contribution in [-0.2, 0) is 12.6 Å². The standard InChI is InChI=1S/C27H22F3N7O2/c28-27(29,30)26-31-20-8-9-22(32-23(20)33-26)36-10-12-37(13-11-36)25(39)17-5-3-4-16(14-17)15-21-18-6-1-2-7-19(18)24(38)35-34-21/h1-9,14H,10-13,15H2,(H,35,38)(H,31,32,33). The van der Waals surface area contributed by atoms with Gasteiger partial charge < -0.3 is 14.8 Å². The van der Waals surface area contributed by atoms with E-state index in [1.165, 1.54) is 6.07 Å². The normalized spacial score (nSPS) is 14.3. The Kier molecular flexibility index (Phi) is 6.01. The van der Waals surface area contributed by atoms with E-state index >= 15 is 0 Å². The van der Waals surface area contributed by atoms with Crippen molar-refractivity contribution in [3.05, 3.63) is 93.7 Å². The zero-order valence-corrected chi connectivity index (χ0v) is 20.5. The Balaban J connectivity index is 1.14. The largest absolute Gasteiger partial charge is 0.449 e. The van der Waals surface area contributed by atoms with E-state index < -0.39 is 12.0 Å². The lowest BCUT2D eigenvalue weighted by molar-refractivity contribution is -0.144. The molecule has 2 N–H and O–H groups in total. The van der Waals surface area contributed by atoms with Crippen LogP contribution in [0.2, 0.25) is 0 Å². The lowest BCUT2D eigenvalue weighted by Gasteiger charge is -2.35. The van der Waals surface area contributed by atoms with Crippen molar-refractivity contribution in [2.75, 3.05) is 31.1 Å². The van der Waals surface area contributed by atoms with Gasteiger partial charge in [-0.1, -0.05) is 30.3 Å². The van der Waals surface area contributed by atoms with Crippen LogP contribution in [0.25, 0.3) is 21.9 Å². The molecule has 0 saturated carbocycles. The first-order chi connectivity index (χ1) is 18.8. The highest BCUT2D eigenvalue weighted by Gasteiger charge is 2.35. The van der Waals surface area contributed by atoms with E-state index in [1.54, 1.807) is 29.2 Å². The van der Waals surface area contributed by atoms with Gasteiger partial charge in [0.15, 0.2) is 5.65 Å². The third-order valence-corrected chi connectivity index (χ3v) is 6.81. The Morgan fingerprint density at radius 1 is 0.923 bits per heavy atom. The molecule has 1 fully saturated rings. The summed E-state index contributed by atoms with van der Waals surface area (Å²) in [4.78, 5) is 39.2. The van der Waals surface area contributed by atoms with Gasteiger partial charge in [-0.15, -0.1) is 0 Å². The van der Waals surface area contributed by atoms with Crippen LogP contribution in [0, 0.1) is 0 Å². The van der Waals surface area contributed by atoms with Gasteiger partial charge in [0.1, 0.15) is 5.82 Å². The monoisotopic (exact) mass is 533 g/mol. The maximum absolute atomic E-state index is 13.3. The summed E-state index contributed by atoms with van der Waals surface area (Å²) >= 11 is 0. The Labute approximate surface area is 219 Å². The number of rotatable bonds is 4. The molecule has 4 heterocycles. The van der Waals surface area contributed by atoms with Crippen LogP contribution >= 0.6 is 0 Å². The van der Waals surface area contributed by atoms with Gasteiger partial charge in [-0.05, 0) is 35.9 Å². The van der Waals surface area contributed by atoms with Gasteiger partial charge in [-0.2, -0.15) is 18.3 Å². The molecular weight excluding hydrogens is 511 g/mol. The quantitative estimate of drug-likeness (QED) is 0.364. The minimum atomic E-state index is -4.57. The number of H-pyrrole nitrogens is 2. The van der Waals surface area contributed by atoms with Gasteiger partial charge >= 0.3 is 6.18 Å². The summed E-state index contributed by atoms with van der Waals surface area (Å²) in [5.41, 5.74) is 2.11. The van der Waals surface area contributed by atoms with Gasteiger partial charge in [-0.25, -0.2) is 15.1 Å².